The van der Waals surface area contributed by atoms with E-state index in [9.17, 15) is 9.59 Å². The van der Waals surface area contributed by atoms with Crippen LogP contribution in [0.2, 0.25) is 0 Å². The highest BCUT2D eigenvalue weighted by atomic mass is 16.4. The highest BCUT2D eigenvalue weighted by Gasteiger charge is 2.28. The Hall–Kier alpha value is -1.26. The quantitative estimate of drug-likeness (QED) is 0.612. The minimum absolute atomic E-state index is 0.101. The van der Waals surface area contributed by atoms with Crippen LogP contribution in [0.15, 0.2) is 0 Å². The number of nitrogens with one attached hydrogen (secondary N) is 2. The van der Waals surface area contributed by atoms with Gasteiger partial charge in [0.05, 0.1) is 0 Å². The van der Waals surface area contributed by atoms with Crippen molar-refractivity contribution >= 4 is 12.0 Å². The average Bonchev–Trinajstić information content (AvgIpc) is 2.87. The van der Waals surface area contributed by atoms with Gasteiger partial charge >= 0.3 is 12.0 Å². The van der Waals surface area contributed by atoms with Gasteiger partial charge in [-0.15, -0.1) is 0 Å². The molecule has 1 fully saturated rings. The molecule has 0 bridgehead atoms. The maximum atomic E-state index is 11.8. The van der Waals surface area contributed by atoms with Crippen LogP contribution < -0.4 is 10.6 Å². The van der Waals surface area contributed by atoms with Crippen molar-refractivity contribution in [2.75, 3.05) is 13.1 Å². The summed E-state index contributed by atoms with van der Waals surface area (Å²) >= 11 is 0. The lowest BCUT2D eigenvalue weighted by atomic mass is 9.89. The first-order chi connectivity index (χ1) is 9.95. The third kappa shape index (κ3) is 7.34. The number of carboxylic acid groups (broad SMARTS) is 1. The van der Waals surface area contributed by atoms with Crippen LogP contribution in [0.4, 0.5) is 4.79 Å². The number of hydrogen-bond acceptors (Lipinski definition) is 2. The van der Waals surface area contributed by atoms with E-state index in [1.165, 1.54) is 25.7 Å². The molecular formula is C16H30N2O3. The van der Waals surface area contributed by atoms with Crippen molar-refractivity contribution in [1.82, 2.24) is 10.6 Å². The van der Waals surface area contributed by atoms with Gasteiger partial charge in [-0.3, -0.25) is 4.79 Å². The van der Waals surface area contributed by atoms with E-state index in [0.29, 0.717) is 18.9 Å². The number of urea groups is 1. The molecule has 0 spiro atoms. The zero-order valence-corrected chi connectivity index (χ0v) is 13.4. The predicted octanol–water partition coefficient (Wildman–Crippen LogP) is 3.15. The van der Waals surface area contributed by atoms with Crippen molar-refractivity contribution in [2.24, 2.45) is 11.3 Å². The predicted molar refractivity (Wildman–Crippen MR) is 83.2 cm³/mol. The normalized spacial score (nSPS) is 18.2. The third-order valence-electron chi connectivity index (χ3n) is 4.67. The van der Waals surface area contributed by atoms with Crippen LogP contribution in [0.5, 0.6) is 0 Å². The molecule has 5 nitrogen and oxygen atoms in total. The van der Waals surface area contributed by atoms with Crippen molar-refractivity contribution < 1.29 is 14.7 Å². The molecule has 1 atom stereocenters. The van der Waals surface area contributed by atoms with Gasteiger partial charge in [-0.2, -0.15) is 0 Å². The lowest BCUT2D eigenvalue weighted by Gasteiger charge is -2.23. The minimum atomic E-state index is -0.746. The summed E-state index contributed by atoms with van der Waals surface area (Å²) in [6.45, 7) is 5.66. The molecule has 1 rings (SSSR count). The summed E-state index contributed by atoms with van der Waals surface area (Å²) in [5.41, 5.74) is 0.269. The van der Waals surface area contributed by atoms with Gasteiger partial charge in [0.15, 0.2) is 0 Å². The fraction of sp³-hybridized carbons (Fsp3) is 0.875. The fourth-order valence-corrected chi connectivity index (χ4v) is 3.03. The SMILES string of the molecule is CCC(CCNC(=O)NCC1(C)CCCC1)CCC(=O)O. The second-order valence-corrected chi connectivity index (χ2v) is 6.62. The first-order valence-corrected chi connectivity index (χ1v) is 8.19. The molecule has 0 aromatic heterocycles. The van der Waals surface area contributed by atoms with Crippen molar-refractivity contribution in [3.63, 3.8) is 0 Å². The Balaban J connectivity index is 2.12. The standard InChI is InChI=1S/C16H30N2O3/c1-3-13(6-7-14(19)20)8-11-17-15(21)18-12-16(2)9-4-5-10-16/h13H,3-12H2,1-2H3,(H,19,20)(H2,17,18,21). The summed E-state index contributed by atoms with van der Waals surface area (Å²) in [6, 6.07) is -0.101. The molecule has 1 saturated carbocycles. The van der Waals surface area contributed by atoms with Crippen molar-refractivity contribution in [3.05, 3.63) is 0 Å². The second-order valence-electron chi connectivity index (χ2n) is 6.62. The van der Waals surface area contributed by atoms with Crippen LogP contribution in [0.1, 0.15) is 65.2 Å². The molecule has 21 heavy (non-hydrogen) atoms. The number of carbonyl (C=O) groups is 2. The van der Waals surface area contributed by atoms with Gasteiger partial charge in [0.2, 0.25) is 0 Å². The van der Waals surface area contributed by atoms with Crippen molar-refractivity contribution in [1.29, 1.82) is 0 Å². The van der Waals surface area contributed by atoms with Crippen LogP contribution in [0.3, 0.4) is 0 Å². The number of carboxylic acids is 1. The van der Waals surface area contributed by atoms with Gasteiger partial charge in [0, 0.05) is 19.5 Å². The third-order valence-corrected chi connectivity index (χ3v) is 4.67. The monoisotopic (exact) mass is 298 g/mol. The minimum Gasteiger partial charge on any atom is -0.481 e. The Bertz CT molecular complexity index is 338. The Morgan fingerprint density at radius 2 is 1.86 bits per heavy atom. The first kappa shape index (κ1) is 17.8. The summed E-state index contributed by atoms with van der Waals surface area (Å²) in [6.07, 6.45) is 7.61. The molecule has 1 unspecified atom stereocenters. The average molecular weight is 298 g/mol. The lowest BCUT2D eigenvalue weighted by Crippen LogP contribution is -2.41. The molecule has 5 heteroatoms. The van der Waals surface area contributed by atoms with Crippen LogP contribution in [0.25, 0.3) is 0 Å². The van der Waals surface area contributed by atoms with Crippen LogP contribution in [0, 0.1) is 11.3 Å². The summed E-state index contributed by atoms with van der Waals surface area (Å²) in [4.78, 5) is 22.3. The summed E-state index contributed by atoms with van der Waals surface area (Å²) in [7, 11) is 0. The molecule has 0 heterocycles. The Morgan fingerprint density at radius 1 is 1.19 bits per heavy atom. The molecule has 2 amide bonds. The molecule has 1 aliphatic carbocycles. The second kappa shape index (κ2) is 8.90. The lowest BCUT2D eigenvalue weighted by molar-refractivity contribution is -0.137. The van der Waals surface area contributed by atoms with E-state index < -0.39 is 5.97 Å². The molecule has 0 saturated heterocycles. The number of amides is 2. The molecule has 0 aliphatic heterocycles. The van der Waals surface area contributed by atoms with Gasteiger partial charge in [-0.1, -0.05) is 33.1 Å². The smallest absolute Gasteiger partial charge is 0.314 e. The fourth-order valence-electron chi connectivity index (χ4n) is 3.03. The summed E-state index contributed by atoms with van der Waals surface area (Å²) in [5.74, 6) is -0.377. The van der Waals surface area contributed by atoms with Crippen LogP contribution in [-0.4, -0.2) is 30.2 Å². The van der Waals surface area contributed by atoms with Gasteiger partial charge < -0.3 is 15.7 Å². The zero-order chi connectivity index (χ0) is 15.7. The Labute approximate surface area is 127 Å². The maximum Gasteiger partial charge on any atom is 0.314 e. The van der Waals surface area contributed by atoms with E-state index >= 15 is 0 Å². The molecule has 1 aliphatic rings. The zero-order valence-electron chi connectivity index (χ0n) is 13.4. The van der Waals surface area contributed by atoms with E-state index in [4.69, 9.17) is 5.11 Å². The van der Waals surface area contributed by atoms with Gasteiger partial charge in [0.1, 0.15) is 0 Å². The maximum absolute atomic E-state index is 11.8. The van der Waals surface area contributed by atoms with Crippen molar-refractivity contribution in [2.45, 2.75) is 65.2 Å². The Kier molecular flexibility index (Phi) is 7.54. The molecule has 0 aromatic rings. The van der Waals surface area contributed by atoms with Crippen LogP contribution in [-0.2, 0) is 4.79 Å². The number of carbonyl (C=O) groups excluding carboxylic acids is 1. The number of rotatable bonds is 9. The van der Waals surface area contributed by atoms with E-state index in [0.717, 1.165) is 19.4 Å². The summed E-state index contributed by atoms with van der Waals surface area (Å²) < 4.78 is 0. The highest BCUT2D eigenvalue weighted by Crippen LogP contribution is 2.36. The largest absolute Gasteiger partial charge is 0.481 e. The number of hydrogen-bond donors (Lipinski definition) is 3. The van der Waals surface area contributed by atoms with Crippen LogP contribution >= 0.6 is 0 Å². The van der Waals surface area contributed by atoms with E-state index in [1.807, 2.05) is 0 Å². The molecule has 3 N–H and O–H groups in total. The van der Waals surface area contributed by atoms with E-state index in [2.05, 4.69) is 24.5 Å². The first-order valence-electron chi connectivity index (χ1n) is 8.19. The summed E-state index contributed by atoms with van der Waals surface area (Å²) in [5, 5.41) is 14.5. The topological polar surface area (TPSA) is 78.4 Å². The Morgan fingerprint density at radius 3 is 2.43 bits per heavy atom. The van der Waals surface area contributed by atoms with Gasteiger partial charge in [-0.05, 0) is 37.0 Å². The number of aliphatic carboxylic acids is 1. The van der Waals surface area contributed by atoms with E-state index in [-0.39, 0.29) is 17.9 Å². The highest BCUT2D eigenvalue weighted by molar-refractivity contribution is 5.73. The van der Waals surface area contributed by atoms with Crippen molar-refractivity contribution in [3.8, 4) is 0 Å². The van der Waals surface area contributed by atoms with Gasteiger partial charge in [0.25, 0.3) is 0 Å². The molecule has 0 aromatic carbocycles. The van der Waals surface area contributed by atoms with Gasteiger partial charge in [-0.25, -0.2) is 4.79 Å². The molecule has 0 radical (unpaired) electrons. The van der Waals surface area contributed by atoms with E-state index in [1.54, 1.807) is 0 Å². The molecule has 122 valence electrons. The molecular weight excluding hydrogens is 268 g/mol.